The van der Waals surface area contributed by atoms with Crippen LogP contribution in [0.5, 0.6) is 0 Å². The number of nitrogens with two attached hydrogens (primary N) is 1. The maximum Gasteiger partial charge on any atom is 0.125 e. The third kappa shape index (κ3) is 2.13. The van der Waals surface area contributed by atoms with Gasteiger partial charge in [0.25, 0.3) is 0 Å². The molecule has 2 nitrogen and oxygen atoms in total. The number of nitrogen functional groups attached to an aromatic ring is 1. The van der Waals surface area contributed by atoms with Crippen molar-refractivity contribution in [2.75, 3.05) is 5.73 Å². The Labute approximate surface area is 94.3 Å². The molecule has 1 heterocycles. The van der Waals surface area contributed by atoms with E-state index in [1.165, 1.54) is 12.1 Å². The van der Waals surface area contributed by atoms with E-state index < -0.39 is 0 Å². The highest BCUT2D eigenvalue weighted by atomic mass is 19.1. The van der Waals surface area contributed by atoms with Gasteiger partial charge in [0.1, 0.15) is 5.82 Å². The summed E-state index contributed by atoms with van der Waals surface area (Å²) in [6.07, 6.45) is 0.858. The second kappa shape index (κ2) is 4.08. The maximum absolute atomic E-state index is 13.1. The third-order valence-corrected chi connectivity index (χ3v) is 2.47. The van der Waals surface area contributed by atoms with E-state index in [1.807, 2.05) is 6.07 Å². The van der Waals surface area contributed by atoms with Crippen LogP contribution in [0.1, 0.15) is 19.5 Å². The highest BCUT2D eigenvalue weighted by Gasteiger charge is 2.06. The van der Waals surface area contributed by atoms with Crippen LogP contribution in [0.2, 0.25) is 0 Å². The Balaban J connectivity index is 2.56. The van der Waals surface area contributed by atoms with Crippen molar-refractivity contribution in [3.05, 3.63) is 35.8 Å². The summed E-state index contributed by atoms with van der Waals surface area (Å²) in [5.41, 5.74) is 8.14. The van der Waals surface area contributed by atoms with Crippen molar-refractivity contribution in [2.24, 2.45) is 5.92 Å². The fourth-order valence-electron chi connectivity index (χ4n) is 1.81. The molecule has 2 N–H and O–H groups in total. The number of rotatable bonds is 2. The van der Waals surface area contributed by atoms with Gasteiger partial charge < -0.3 is 5.73 Å². The van der Waals surface area contributed by atoms with E-state index in [0.29, 0.717) is 17.1 Å². The van der Waals surface area contributed by atoms with Gasteiger partial charge in [0, 0.05) is 22.8 Å². The molecule has 0 radical (unpaired) electrons. The monoisotopic (exact) mass is 218 g/mol. The van der Waals surface area contributed by atoms with Crippen LogP contribution in [0.4, 0.5) is 10.1 Å². The van der Waals surface area contributed by atoms with E-state index >= 15 is 0 Å². The number of hydrogen-bond acceptors (Lipinski definition) is 2. The molecule has 1 aromatic heterocycles. The minimum Gasteiger partial charge on any atom is -0.398 e. The summed E-state index contributed by atoms with van der Waals surface area (Å²) in [7, 11) is 0. The smallest absolute Gasteiger partial charge is 0.125 e. The summed E-state index contributed by atoms with van der Waals surface area (Å²) in [6, 6.07) is 6.38. The fraction of sp³-hybridized carbons (Fsp3) is 0.308. The van der Waals surface area contributed by atoms with Crippen LogP contribution in [0.15, 0.2) is 24.3 Å². The minimum absolute atomic E-state index is 0.277. The lowest BCUT2D eigenvalue weighted by Crippen LogP contribution is -2.00. The Bertz CT molecular complexity index is 521. The normalized spacial score (nSPS) is 11.2. The minimum atomic E-state index is -0.277. The molecule has 0 atom stereocenters. The molecule has 2 aromatic rings. The molecule has 0 aliphatic heterocycles. The van der Waals surface area contributed by atoms with E-state index in [1.54, 1.807) is 6.07 Å². The first-order valence-electron chi connectivity index (χ1n) is 5.41. The van der Waals surface area contributed by atoms with Crippen LogP contribution < -0.4 is 5.73 Å². The lowest BCUT2D eigenvalue weighted by molar-refractivity contribution is 0.628. The Morgan fingerprint density at radius 1 is 1.31 bits per heavy atom. The van der Waals surface area contributed by atoms with Crippen LogP contribution >= 0.6 is 0 Å². The predicted octanol–water partition coefficient (Wildman–Crippen LogP) is 3.15. The standard InChI is InChI=1S/C13H15FN2/c1-8(2)5-10-7-12(15)11-4-3-9(14)6-13(11)16-10/h3-4,6-8H,5H2,1-2H3,(H2,15,16). The molecule has 0 fully saturated rings. The molecule has 3 heteroatoms. The van der Waals surface area contributed by atoms with Crippen molar-refractivity contribution in [1.29, 1.82) is 0 Å². The summed E-state index contributed by atoms with van der Waals surface area (Å²) in [5, 5.41) is 0.814. The van der Waals surface area contributed by atoms with Crippen LogP contribution in [0.3, 0.4) is 0 Å². The molecule has 2 rings (SSSR count). The molecular formula is C13H15FN2. The van der Waals surface area contributed by atoms with Crippen LogP contribution in [-0.4, -0.2) is 4.98 Å². The first kappa shape index (κ1) is 10.9. The van der Waals surface area contributed by atoms with Crippen molar-refractivity contribution >= 4 is 16.6 Å². The molecule has 0 spiro atoms. The van der Waals surface area contributed by atoms with Gasteiger partial charge in [-0.2, -0.15) is 0 Å². The van der Waals surface area contributed by atoms with Crippen LogP contribution in [0, 0.1) is 11.7 Å². The largest absolute Gasteiger partial charge is 0.398 e. The lowest BCUT2D eigenvalue weighted by Gasteiger charge is -2.08. The number of hydrogen-bond donors (Lipinski definition) is 1. The van der Waals surface area contributed by atoms with E-state index in [4.69, 9.17) is 5.73 Å². The van der Waals surface area contributed by atoms with Crippen molar-refractivity contribution < 1.29 is 4.39 Å². The van der Waals surface area contributed by atoms with Gasteiger partial charge in [-0.25, -0.2) is 4.39 Å². The van der Waals surface area contributed by atoms with Crippen LogP contribution in [-0.2, 0) is 6.42 Å². The summed E-state index contributed by atoms with van der Waals surface area (Å²) in [5.74, 6) is 0.235. The first-order valence-corrected chi connectivity index (χ1v) is 5.41. The number of aromatic nitrogens is 1. The highest BCUT2D eigenvalue weighted by molar-refractivity contribution is 5.90. The zero-order valence-corrected chi connectivity index (χ0v) is 9.50. The van der Waals surface area contributed by atoms with Crippen molar-refractivity contribution in [3.8, 4) is 0 Å². The highest BCUT2D eigenvalue weighted by Crippen LogP contribution is 2.22. The Kier molecular flexibility index (Phi) is 2.77. The van der Waals surface area contributed by atoms with Crippen molar-refractivity contribution in [3.63, 3.8) is 0 Å². The number of pyridine rings is 1. The van der Waals surface area contributed by atoms with Gasteiger partial charge in [0.15, 0.2) is 0 Å². The summed E-state index contributed by atoms with van der Waals surface area (Å²) in [4.78, 5) is 4.42. The zero-order chi connectivity index (χ0) is 11.7. The Morgan fingerprint density at radius 3 is 2.75 bits per heavy atom. The number of halogens is 1. The van der Waals surface area contributed by atoms with E-state index in [0.717, 1.165) is 17.5 Å². The molecule has 0 unspecified atom stereocenters. The molecule has 0 saturated heterocycles. The molecule has 84 valence electrons. The number of nitrogens with zero attached hydrogens (tertiary/aromatic N) is 1. The fourth-order valence-corrected chi connectivity index (χ4v) is 1.81. The number of fused-ring (bicyclic) bond motifs is 1. The number of benzene rings is 1. The summed E-state index contributed by atoms with van der Waals surface area (Å²) < 4.78 is 13.1. The Morgan fingerprint density at radius 2 is 2.06 bits per heavy atom. The zero-order valence-electron chi connectivity index (χ0n) is 9.50. The lowest BCUT2D eigenvalue weighted by atomic mass is 10.1. The molecule has 16 heavy (non-hydrogen) atoms. The van der Waals surface area contributed by atoms with Crippen LogP contribution in [0.25, 0.3) is 10.9 Å². The topological polar surface area (TPSA) is 38.9 Å². The van der Waals surface area contributed by atoms with Crippen molar-refractivity contribution in [2.45, 2.75) is 20.3 Å². The molecule has 0 amide bonds. The third-order valence-electron chi connectivity index (χ3n) is 2.47. The van der Waals surface area contributed by atoms with Crippen molar-refractivity contribution in [1.82, 2.24) is 4.98 Å². The van der Waals surface area contributed by atoms with Gasteiger partial charge in [-0.05, 0) is 30.5 Å². The second-order valence-corrected chi connectivity index (χ2v) is 4.46. The number of anilines is 1. The average molecular weight is 218 g/mol. The Hall–Kier alpha value is -1.64. The quantitative estimate of drug-likeness (QED) is 0.841. The molecule has 0 bridgehead atoms. The van der Waals surface area contributed by atoms with Gasteiger partial charge in [-0.15, -0.1) is 0 Å². The van der Waals surface area contributed by atoms with Gasteiger partial charge in [0.05, 0.1) is 5.52 Å². The molecule has 0 aliphatic rings. The molecule has 0 saturated carbocycles. The first-order chi connectivity index (χ1) is 7.56. The van der Waals surface area contributed by atoms with Gasteiger partial charge >= 0.3 is 0 Å². The van der Waals surface area contributed by atoms with Gasteiger partial charge in [-0.3, -0.25) is 4.98 Å². The summed E-state index contributed by atoms with van der Waals surface area (Å²) >= 11 is 0. The summed E-state index contributed by atoms with van der Waals surface area (Å²) in [6.45, 7) is 4.24. The molecule has 0 aliphatic carbocycles. The van der Waals surface area contributed by atoms with E-state index in [-0.39, 0.29) is 5.82 Å². The van der Waals surface area contributed by atoms with E-state index in [9.17, 15) is 4.39 Å². The second-order valence-electron chi connectivity index (χ2n) is 4.46. The maximum atomic E-state index is 13.1. The molecular weight excluding hydrogens is 203 g/mol. The van der Waals surface area contributed by atoms with Gasteiger partial charge in [0.2, 0.25) is 0 Å². The molecule has 1 aromatic carbocycles. The van der Waals surface area contributed by atoms with E-state index in [2.05, 4.69) is 18.8 Å². The SMILES string of the molecule is CC(C)Cc1cc(N)c2ccc(F)cc2n1. The predicted molar refractivity (Wildman–Crippen MR) is 64.7 cm³/mol. The average Bonchev–Trinajstić information content (AvgIpc) is 2.15. The van der Waals surface area contributed by atoms with Gasteiger partial charge in [-0.1, -0.05) is 13.8 Å².